The summed E-state index contributed by atoms with van der Waals surface area (Å²) in [5.41, 5.74) is 1.17. The molecule has 0 aliphatic heterocycles. The van der Waals surface area contributed by atoms with Gasteiger partial charge < -0.3 is 9.29 Å². The smallest absolute Gasteiger partial charge is 0.333 e. The van der Waals surface area contributed by atoms with Crippen LogP contribution in [0.5, 0.6) is 0 Å². The van der Waals surface area contributed by atoms with Crippen molar-refractivity contribution in [3.63, 3.8) is 0 Å². The van der Waals surface area contributed by atoms with Crippen LogP contribution in [0.25, 0.3) is 0 Å². The molecule has 116 valence electrons. The highest BCUT2D eigenvalue weighted by molar-refractivity contribution is 7.95. The molecule has 0 aromatic heterocycles. The Morgan fingerprint density at radius 3 is 2.45 bits per heavy atom. The number of ether oxygens (including phenoxy) is 1. The highest BCUT2D eigenvalue weighted by Crippen LogP contribution is 2.08. The molecular formula is C11H17O7S2-. The van der Waals surface area contributed by atoms with E-state index in [0.29, 0.717) is 12.0 Å². The molecule has 2 atom stereocenters. The van der Waals surface area contributed by atoms with Gasteiger partial charge in [-0.2, -0.15) is 12.0 Å². The van der Waals surface area contributed by atoms with E-state index in [2.05, 4.69) is 10.2 Å². The van der Waals surface area contributed by atoms with E-state index >= 15 is 0 Å². The van der Waals surface area contributed by atoms with Crippen molar-refractivity contribution in [3.05, 3.63) is 23.8 Å². The molecule has 9 heteroatoms. The van der Waals surface area contributed by atoms with Crippen molar-refractivity contribution in [2.45, 2.75) is 32.4 Å². The van der Waals surface area contributed by atoms with Gasteiger partial charge in [0.15, 0.2) is 0 Å². The van der Waals surface area contributed by atoms with E-state index in [1.165, 1.54) is 13.8 Å². The van der Waals surface area contributed by atoms with E-state index in [4.69, 9.17) is 4.74 Å². The SMILES string of the molecule is C=C(C)CC=C(C)C(=O)OCC(C)S(=O)(=O)OS(=O)[O-]. The van der Waals surface area contributed by atoms with Crippen LogP contribution in [0.4, 0.5) is 0 Å². The minimum absolute atomic E-state index is 0.311. The third-order valence-electron chi connectivity index (χ3n) is 2.17. The number of esters is 1. The Balaban J connectivity index is 4.48. The molecule has 0 aliphatic rings. The van der Waals surface area contributed by atoms with Gasteiger partial charge in [0.25, 0.3) is 10.1 Å². The standard InChI is InChI=1S/C11H18O7S2/c1-8(2)5-6-9(3)11(12)17-7-10(4)20(15,16)18-19(13)14/h6,10H,1,5,7H2,2-4H3,(H,13,14)/p-1. The van der Waals surface area contributed by atoms with Crippen molar-refractivity contribution >= 4 is 27.4 Å². The fourth-order valence-corrected chi connectivity index (χ4v) is 2.34. The van der Waals surface area contributed by atoms with Gasteiger partial charge in [-0.05, 0) is 27.2 Å². The molecule has 0 spiro atoms. The van der Waals surface area contributed by atoms with Gasteiger partial charge in [0.1, 0.15) is 23.2 Å². The number of hydrogen-bond acceptors (Lipinski definition) is 7. The zero-order valence-electron chi connectivity index (χ0n) is 11.5. The van der Waals surface area contributed by atoms with Gasteiger partial charge in [0, 0.05) is 5.57 Å². The Bertz CT molecular complexity index is 519. The van der Waals surface area contributed by atoms with Crippen LogP contribution in [0.2, 0.25) is 0 Å². The largest absolute Gasteiger partial charge is 0.749 e. The molecule has 0 aromatic rings. The molecule has 0 amide bonds. The van der Waals surface area contributed by atoms with Gasteiger partial charge in [-0.1, -0.05) is 18.2 Å². The monoisotopic (exact) mass is 325 g/mol. The van der Waals surface area contributed by atoms with Gasteiger partial charge in [-0.3, -0.25) is 0 Å². The average molecular weight is 325 g/mol. The molecule has 20 heavy (non-hydrogen) atoms. The van der Waals surface area contributed by atoms with Crippen molar-refractivity contribution in [3.8, 4) is 0 Å². The topological polar surface area (TPSA) is 110 Å². The third kappa shape index (κ3) is 7.53. The lowest BCUT2D eigenvalue weighted by atomic mass is 10.2. The fourth-order valence-electron chi connectivity index (χ4n) is 0.945. The molecule has 7 nitrogen and oxygen atoms in total. The number of carbonyl (C=O) groups excluding carboxylic acids is 1. The quantitative estimate of drug-likeness (QED) is 0.283. The normalized spacial score (nSPS) is 15.5. The first-order valence-electron chi connectivity index (χ1n) is 5.57. The van der Waals surface area contributed by atoms with Gasteiger partial charge in [-0.25, -0.2) is 9.00 Å². The van der Waals surface area contributed by atoms with Gasteiger partial charge in [0.05, 0.1) is 0 Å². The molecule has 0 heterocycles. The van der Waals surface area contributed by atoms with E-state index in [0.717, 1.165) is 5.57 Å². The number of allylic oxidation sites excluding steroid dienone is 2. The van der Waals surface area contributed by atoms with E-state index < -0.39 is 39.3 Å². The Labute approximate surface area is 121 Å². The highest BCUT2D eigenvalue weighted by Gasteiger charge is 2.24. The van der Waals surface area contributed by atoms with E-state index in [1.807, 2.05) is 0 Å². The van der Waals surface area contributed by atoms with Gasteiger partial charge >= 0.3 is 5.97 Å². The Kier molecular flexibility index (Phi) is 7.87. The summed E-state index contributed by atoms with van der Waals surface area (Å²) in [7, 11) is -4.33. The predicted octanol–water partition coefficient (Wildman–Crippen LogP) is 0.971. The van der Waals surface area contributed by atoms with E-state index in [1.54, 1.807) is 13.0 Å². The molecule has 0 bridgehead atoms. The van der Waals surface area contributed by atoms with Crippen molar-refractivity contribution in [1.82, 2.24) is 0 Å². The summed E-state index contributed by atoms with van der Waals surface area (Å²) in [5.74, 6) is -0.684. The number of carbonyl (C=O) groups is 1. The molecule has 0 aliphatic carbocycles. The lowest BCUT2D eigenvalue weighted by Crippen LogP contribution is -2.27. The lowest BCUT2D eigenvalue weighted by Gasteiger charge is -2.13. The molecule has 0 saturated carbocycles. The second-order valence-corrected chi connectivity index (χ2v) is 6.97. The van der Waals surface area contributed by atoms with Crippen molar-refractivity contribution in [1.29, 1.82) is 0 Å². The minimum Gasteiger partial charge on any atom is -0.749 e. The summed E-state index contributed by atoms with van der Waals surface area (Å²) in [6.07, 6.45) is 2.11. The Morgan fingerprint density at radius 2 is 2.00 bits per heavy atom. The predicted molar refractivity (Wildman–Crippen MR) is 72.5 cm³/mol. The van der Waals surface area contributed by atoms with Crippen LogP contribution in [0.3, 0.4) is 0 Å². The third-order valence-corrected chi connectivity index (χ3v) is 4.50. The maximum absolute atomic E-state index is 11.5. The Morgan fingerprint density at radius 1 is 1.45 bits per heavy atom. The molecule has 2 unspecified atom stereocenters. The zero-order chi connectivity index (χ0) is 15.9. The van der Waals surface area contributed by atoms with Crippen LogP contribution in [0.15, 0.2) is 23.8 Å². The lowest BCUT2D eigenvalue weighted by molar-refractivity contribution is -0.138. The maximum atomic E-state index is 11.5. The van der Waals surface area contributed by atoms with Crippen LogP contribution < -0.4 is 0 Å². The molecule has 0 rings (SSSR count). The molecule has 0 fully saturated rings. The Hall–Kier alpha value is -1.03. The van der Waals surface area contributed by atoms with Gasteiger partial charge in [-0.15, -0.1) is 0 Å². The fraction of sp³-hybridized carbons (Fsp3) is 0.545. The van der Waals surface area contributed by atoms with Gasteiger partial charge in [0.2, 0.25) is 0 Å². The minimum atomic E-state index is -4.33. The number of hydrogen-bond donors (Lipinski definition) is 0. The first-order valence-corrected chi connectivity index (χ1v) is 8.04. The van der Waals surface area contributed by atoms with E-state index in [-0.39, 0.29) is 0 Å². The first kappa shape index (κ1) is 19.0. The van der Waals surface area contributed by atoms with Crippen molar-refractivity contribution in [2.75, 3.05) is 6.61 Å². The van der Waals surface area contributed by atoms with Crippen LogP contribution in [0.1, 0.15) is 27.2 Å². The number of rotatable bonds is 8. The van der Waals surface area contributed by atoms with Crippen LogP contribution in [-0.2, 0) is 34.6 Å². The molecule has 0 saturated heterocycles. The highest BCUT2D eigenvalue weighted by atomic mass is 32.3. The summed E-state index contributed by atoms with van der Waals surface area (Å²) in [5, 5.41) is -1.29. The summed E-state index contributed by atoms with van der Waals surface area (Å²) in [4.78, 5) is 11.5. The first-order chi connectivity index (χ1) is 9.06. The second kappa shape index (κ2) is 8.30. The second-order valence-electron chi connectivity index (χ2n) is 4.22. The average Bonchev–Trinajstić information content (AvgIpc) is 2.30. The van der Waals surface area contributed by atoms with Crippen LogP contribution in [0, 0.1) is 0 Å². The molecular weight excluding hydrogens is 308 g/mol. The van der Waals surface area contributed by atoms with Crippen LogP contribution >= 0.6 is 0 Å². The molecule has 0 radical (unpaired) electrons. The van der Waals surface area contributed by atoms with Crippen LogP contribution in [-0.4, -0.2) is 35.0 Å². The summed E-state index contributed by atoms with van der Waals surface area (Å²) in [6.45, 7) is 7.65. The molecule has 0 N–H and O–H groups in total. The van der Waals surface area contributed by atoms with Crippen molar-refractivity contribution in [2.24, 2.45) is 0 Å². The summed E-state index contributed by atoms with van der Waals surface area (Å²) >= 11 is -3.19. The van der Waals surface area contributed by atoms with Crippen molar-refractivity contribution < 1.29 is 30.3 Å². The molecule has 0 aromatic carbocycles. The maximum Gasteiger partial charge on any atom is 0.333 e. The summed E-state index contributed by atoms with van der Waals surface area (Å²) < 4.78 is 51.5. The summed E-state index contributed by atoms with van der Waals surface area (Å²) in [6, 6.07) is 0. The van der Waals surface area contributed by atoms with E-state index in [9.17, 15) is 22.0 Å². The zero-order valence-corrected chi connectivity index (χ0v) is 13.1.